The van der Waals surface area contributed by atoms with E-state index in [1.54, 1.807) is 27.4 Å². The van der Waals surface area contributed by atoms with E-state index in [1.807, 2.05) is 6.92 Å². The van der Waals surface area contributed by atoms with Gasteiger partial charge in [-0.2, -0.15) is 4.31 Å². The van der Waals surface area contributed by atoms with Crippen LogP contribution in [0.2, 0.25) is 0 Å². The summed E-state index contributed by atoms with van der Waals surface area (Å²) >= 11 is 0. The number of piperidine rings is 1. The predicted molar refractivity (Wildman–Crippen MR) is 110 cm³/mol. The summed E-state index contributed by atoms with van der Waals surface area (Å²) in [5, 5.41) is 0. The average Bonchev–Trinajstić information content (AvgIpc) is 3.25. The van der Waals surface area contributed by atoms with Gasteiger partial charge in [-0.05, 0) is 62.8 Å². The summed E-state index contributed by atoms with van der Waals surface area (Å²) in [6, 6.07) is 4.99. The van der Waals surface area contributed by atoms with Crippen molar-refractivity contribution in [2.24, 2.45) is 0 Å². The first-order valence-corrected chi connectivity index (χ1v) is 12.0. The van der Waals surface area contributed by atoms with Crippen molar-refractivity contribution >= 4 is 27.5 Å². The fourth-order valence-corrected chi connectivity index (χ4v) is 6.39. The molecule has 2 saturated heterocycles. The summed E-state index contributed by atoms with van der Waals surface area (Å²) in [6.07, 6.45) is 5.63. The van der Waals surface area contributed by atoms with Crippen molar-refractivity contribution in [1.29, 1.82) is 0 Å². The number of fused-ring (bicyclic) bond motifs is 1. The third kappa shape index (κ3) is 3.92. The van der Waals surface area contributed by atoms with E-state index >= 15 is 0 Å². The van der Waals surface area contributed by atoms with Gasteiger partial charge in [0.15, 0.2) is 0 Å². The minimum atomic E-state index is -3.56. The number of hydrogen-bond acceptors (Lipinski definition) is 4. The quantitative estimate of drug-likeness (QED) is 0.749. The molecule has 8 heteroatoms. The molecular weight excluding hydrogens is 390 g/mol. The maximum absolute atomic E-state index is 13.2. The van der Waals surface area contributed by atoms with E-state index in [9.17, 15) is 18.0 Å². The highest BCUT2D eigenvalue weighted by Crippen LogP contribution is 2.32. The molecule has 0 unspecified atom stereocenters. The molecule has 0 aromatic heterocycles. The van der Waals surface area contributed by atoms with Gasteiger partial charge in [-0.1, -0.05) is 6.42 Å². The van der Waals surface area contributed by atoms with Crippen molar-refractivity contribution in [1.82, 2.24) is 9.21 Å². The van der Waals surface area contributed by atoms with Crippen LogP contribution in [-0.2, 0) is 26.0 Å². The summed E-state index contributed by atoms with van der Waals surface area (Å²) in [5.74, 6) is -0.118. The van der Waals surface area contributed by atoms with E-state index in [4.69, 9.17) is 0 Å². The Morgan fingerprint density at radius 3 is 2.52 bits per heavy atom. The van der Waals surface area contributed by atoms with Crippen LogP contribution in [0.4, 0.5) is 5.69 Å². The monoisotopic (exact) mass is 419 g/mol. The number of aryl methyl sites for hydroxylation is 1. The Labute approximate surface area is 172 Å². The number of rotatable bonds is 4. The summed E-state index contributed by atoms with van der Waals surface area (Å²) in [6.45, 7) is 4.04. The Kier molecular flexibility index (Phi) is 5.66. The number of sulfonamides is 1. The Morgan fingerprint density at radius 2 is 1.79 bits per heavy atom. The summed E-state index contributed by atoms with van der Waals surface area (Å²) < 4.78 is 27.9. The Balaban J connectivity index is 1.59. The van der Waals surface area contributed by atoms with Gasteiger partial charge in [-0.15, -0.1) is 0 Å². The van der Waals surface area contributed by atoms with E-state index in [1.165, 1.54) is 4.90 Å². The van der Waals surface area contributed by atoms with E-state index in [0.717, 1.165) is 50.8 Å². The first-order chi connectivity index (χ1) is 13.9. The molecule has 7 nitrogen and oxygen atoms in total. The van der Waals surface area contributed by atoms with Crippen molar-refractivity contribution in [2.75, 3.05) is 31.1 Å². The van der Waals surface area contributed by atoms with Gasteiger partial charge < -0.3 is 9.80 Å². The van der Waals surface area contributed by atoms with Crippen LogP contribution in [0.1, 0.15) is 51.0 Å². The first-order valence-electron chi connectivity index (χ1n) is 10.6. The van der Waals surface area contributed by atoms with Gasteiger partial charge in [0.1, 0.15) is 6.54 Å². The van der Waals surface area contributed by atoms with Crippen LogP contribution in [0.3, 0.4) is 0 Å². The van der Waals surface area contributed by atoms with Gasteiger partial charge >= 0.3 is 0 Å². The maximum Gasteiger partial charge on any atom is 0.243 e. The normalized spacial score (nSPS) is 23.3. The van der Waals surface area contributed by atoms with Crippen LogP contribution < -0.4 is 4.90 Å². The van der Waals surface area contributed by atoms with Crippen LogP contribution in [0.15, 0.2) is 23.1 Å². The fraction of sp³-hybridized carbons (Fsp3) is 0.619. The van der Waals surface area contributed by atoms with Crippen molar-refractivity contribution in [3.05, 3.63) is 23.8 Å². The molecule has 2 amide bonds. The smallest absolute Gasteiger partial charge is 0.243 e. The zero-order valence-corrected chi connectivity index (χ0v) is 17.8. The number of benzene rings is 1. The number of nitrogens with zero attached hydrogens (tertiary/aromatic N) is 3. The van der Waals surface area contributed by atoms with Crippen molar-refractivity contribution < 1.29 is 18.0 Å². The van der Waals surface area contributed by atoms with Gasteiger partial charge in [0.05, 0.1) is 4.90 Å². The molecule has 0 spiro atoms. The van der Waals surface area contributed by atoms with Crippen LogP contribution >= 0.6 is 0 Å². The highest BCUT2D eigenvalue weighted by atomic mass is 32.2. The number of carbonyl (C=O) groups excluding carboxylic acids is 2. The molecule has 0 N–H and O–H groups in total. The van der Waals surface area contributed by atoms with Gasteiger partial charge in [0.2, 0.25) is 21.8 Å². The molecule has 158 valence electrons. The van der Waals surface area contributed by atoms with E-state index in [-0.39, 0.29) is 29.3 Å². The molecule has 0 aliphatic carbocycles. The number of anilines is 1. The van der Waals surface area contributed by atoms with Crippen LogP contribution in [0.5, 0.6) is 0 Å². The second kappa shape index (κ2) is 8.07. The summed E-state index contributed by atoms with van der Waals surface area (Å²) in [7, 11) is -3.56. The summed E-state index contributed by atoms with van der Waals surface area (Å²) in [5.41, 5.74) is 1.49. The Morgan fingerprint density at radius 1 is 1.07 bits per heavy atom. The SMILES string of the molecule is C[C@@H]1CCCCN1S(=O)(=O)c1ccc2c(c1)CCC(=O)N2CC(=O)N1CCCC1. The minimum absolute atomic E-state index is 0.000872. The lowest BCUT2D eigenvalue weighted by molar-refractivity contribution is -0.130. The van der Waals surface area contributed by atoms with E-state index < -0.39 is 10.0 Å². The van der Waals surface area contributed by atoms with Gasteiger partial charge in [-0.3, -0.25) is 9.59 Å². The molecule has 1 atom stereocenters. The number of hydrogen-bond donors (Lipinski definition) is 0. The van der Waals surface area contributed by atoms with Crippen molar-refractivity contribution in [3.63, 3.8) is 0 Å². The molecule has 29 heavy (non-hydrogen) atoms. The fourth-order valence-electron chi connectivity index (χ4n) is 4.64. The highest BCUT2D eigenvalue weighted by Gasteiger charge is 2.33. The lowest BCUT2D eigenvalue weighted by atomic mass is 10.0. The molecule has 0 saturated carbocycles. The molecule has 3 aliphatic rings. The van der Waals surface area contributed by atoms with Gasteiger partial charge in [0.25, 0.3) is 0 Å². The van der Waals surface area contributed by atoms with Crippen LogP contribution in [0, 0.1) is 0 Å². The minimum Gasteiger partial charge on any atom is -0.341 e. The maximum atomic E-state index is 13.2. The highest BCUT2D eigenvalue weighted by molar-refractivity contribution is 7.89. The number of carbonyl (C=O) groups is 2. The largest absolute Gasteiger partial charge is 0.341 e. The Hall–Kier alpha value is -1.93. The van der Waals surface area contributed by atoms with Crippen molar-refractivity contribution in [3.8, 4) is 0 Å². The zero-order valence-electron chi connectivity index (χ0n) is 17.0. The predicted octanol–water partition coefficient (Wildman–Crippen LogP) is 2.15. The molecule has 0 bridgehead atoms. The van der Waals surface area contributed by atoms with Crippen molar-refractivity contribution in [2.45, 2.75) is 62.8 Å². The lowest BCUT2D eigenvalue weighted by Crippen LogP contribution is -2.44. The topological polar surface area (TPSA) is 78.0 Å². The number of likely N-dealkylation sites (tertiary alicyclic amines) is 1. The molecular formula is C21H29N3O4S. The van der Waals surface area contributed by atoms with Crippen LogP contribution in [0.25, 0.3) is 0 Å². The second-order valence-electron chi connectivity index (χ2n) is 8.32. The standard InChI is InChI=1S/C21H29N3O4S/c1-16-6-2-3-13-24(16)29(27,28)18-8-9-19-17(14-18)7-10-20(25)23(19)15-21(26)22-11-4-5-12-22/h8-9,14,16H,2-7,10-13,15H2,1H3/t16-/m1/s1. The van der Waals surface area contributed by atoms with E-state index in [2.05, 4.69) is 0 Å². The molecule has 1 aromatic rings. The Bertz CT molecular complexity index is 909. The molecule has 0 radical (unpaired) electrons. The average molecular weight is 420 g/mol. The summed E-state index contributed by atoms with van der Waals surface area (Å²) in [4.78, 5) is 28.7. The molecule has 1 aromatic carbocycles. The molecule has 3 aliphatic heterocycles. The third-order valence-corrected chi connectivity index (χ3v) is 8.36. The van der Waals surface area contributed by atoms with E-state index in [0.29, 0.717) is 25.1 Å². The number of amides is 2. The molecule has 4 rings (SSSR count). The zero-order chi connectivity index (χ0) is 20.6. The lowest BCUT2D eigenvalue weighted by Gasteiger charge is -2.33. The molecule has 3 heterocycles. The van der Waals surface area contributed by atoms with Crippen LogP contribution in [-0.4, -0.2) is 61.7 Å². The second-order valence-corrected chi connectivity index (χ2v) is 10.2. The molecule has 2 fully saturated rings. The first kappa shape index (κ1) is 20.3. The third-order valence-electron chi connectivity index (χ3n) is 6.35. The van der Waals surface area contributed by atoms with Gasteiger partial charge in [0, 0.05) is 37.8 Å². The van der Waals surface area contributed by atoms with Gasteiger partial charge in [-0.25, -0.2) is 8.42 Å².